The third-order valence-electron chi connectivity index (χ3n) is 2.45. The minimum Gasteiger partial charge on any atom is -0.450 e. The Bertz CT molecular complexity index is 187. The van der Waals surface area contributed by atoms with Crippen molar-refractivity contribution in [1.82, 2.24) is 10.6 Å². The summed E-state index contributed by atoms with van der Waals surface area (Å²) in [5.74, 6) is 0.651. The molecule has 4 heteroatoms. The number of amides is 1. The van der Waals surface area contributed by atoms with E-state index in [1.54, 1.807) is 6.92 Å². The molecule has 0 aromatic rings. The maximum atomic E-state index is 11.2. The molecule has 0 radical (unpaired) electrons. The predicted molar refractivity (Wildman–Crippen MR) is 54.9 cm³/mol. The molecule has 0 aliphatic carbocycles. The largest absolute Gasteiger partial charge is 0.450 e. The van der Waals surface area contributed by atoms with Crippen molar-refractivity contribution in [2.45, 2.75) is 45.8 Å². The highest BCUT2D eigenvalue weighted by molar-refractivity contribution is 5.67. The van der Waals surface area contributed by atoms with Crippen LogP contribution in [-0.2, 0) is 4.74 Å². The van der Waals surface area contributed by atoms with Crippen LogP contribution in [-0.4, -0.2) is 24.9 Å². The highest BCUT2D eigenvalue weighted by Crippen LogP contribution is 2.17. The van der Waals surface area contributed by atoms with Crippen LogP contribution in [0.5, 0.6) is 0 Å². The SMILES string of the molecule is CCOC(=O)NC1CC(C)CC(C)N1. The van der Waals surface area contributed by atoms with Gasteiger partial charge in [0.2, 0.25) is 0 Å². The first-order chi connectivity index (χ1) is 6.61. The van der Waals surface area contributed by atoms with Crippen LogP contribution in [0.25, 0.3) is 0 Å². The van der Waals surface area contributed by atoms with E-state index in [1.165, 1.54) is 6.42 Å². The van der Waals surface area contributed by atoms with E-state index < -0.39 is 0 Å². The lowest BCUT2D eigenvalue weighted by Gasteiger charge is -2.33. The normalized spacial score (nSPS) is 32.4. The second-order valence-electron chi connectivity index (χ2n) is 4.06. The lowest BCUT2D eigenvalue weighted by Crippen LogP contribution is -2.53. The van der Waals surface area contributed by atoms with E-state index in [2.05, 4.69) is 24.5 Å². The van der Waals surface area contributed by atoms with E-state index in [9.17, 15) is 4.79 Å². The number of rotatable bonds is 2. The summed E-state index contributed by atoms with van der Waals surface area (Å²) >= 11 is 0. The number of alkyl carbamates (subject to hydrolysis) is 1. The Morgan fingerprint density at radius 2 is 2.21 bits per heavy atom. The predicted octanol–water partition coefficient (Wildman–Crippen LogP) is 1.47. The molecule has 3 atom stereocenters. The first-order valence-electron chi connectivity index (χ1n) is 5.31. The topological polar surface area (TPSA) is 50.4 Å². The number of piperidine rings is 1. The van der Waals surface area contributed by atoms with Crippen LogP contribution in [0.1, 0.15) is 33.6 Å². The van der Waals surface area contributed by atoms with E-state index in [0.29, 0.717) is 18.6 Å². The number of hydrogen-bond acceptors (Lipinski definition) is 3. The molecular formula is C10H20N2O2. The number of hydrogen-bond donors (Lipinski definition) is 2. The molecule has 3 unspecified atom stereocenters. The Hall–Kier alpha value is -0.770. The Labute approximate surface area is 85.4 Å². The Kier molecular flexibility index (Phi) is 4.20. The molecule has 1 heterocycles. The van der Waals surface area contributed by atoms with E-state index in [0.717, 1.165) is 6.42 Å². The van der Waals surface area contributed by atoms with Crippen LogP contribution in [0.4, 0.5) is 4.79 Å². The standard InChI is InChI=1S/C10H20N2O2/c1-4-14-10(13)12-9-6-7(2)5-8(3)11-9/h7-9,11H,4-6H2,1-3H3,(H,12,13). The fourth-order valence-corrected chi connectivity index (χ4v) is 2.00. The molecular weight excluding hydrogens is 180 g/mol. The lowest BCUT2D eigenvalue weighted by molar-refractivity contribution is 0.136. The van der Waals surface area contributed by atoms with E-state index in [1.807, 2.05) is 0 Å². The van der Waals surface area contributed by atoms with E-state index >= 15 is 0 Å². The highest BCUT2D eigenvalue weighted by atomic mass is 16.5. The maximum Gasteiger partial charge on any atom is 0.408 e. The minimum atomic E-state index is -0.327. The quantitative estimate of drug-likeness (QED) is 0.709. The number of nitrogens with one attached hydrogen (secondary N) is 2. The van der Waals surface area contributed by atoms with Crippen LogP contribution >= 0.6 is 0 Å². The molecule has 14 heavy (non-hydrogen) atoms. The lowest BCUT2D eigenvalue weighted by atomic mass is 9.93. The van der Waals surface area contributed by atoms with Crippen molar-refractivity contribution < 1.29 is 9.53 Å². The van der Waals surface area contributed by atoms with Gasteiger partial charge in [-0.1, -0.05) is 6.92 Å². The van der Waals surface area contributed by atoms with Gasteiger partial charge in [-0.05, 0) is 32.6 Å². The van der Waals surface area contributed by atoms with Gasteiger partial charge in [0.15, 0.2) is 0 Å². The Morgan fingerprint density at radius 1 is 1.50 bits per heavy atom. The molecule has 0 bridgehead atoms. The third-order valence-corrected chi connectivity index (χ3v) is 2.45. The molecule has 0 aromatic heterocycles. The number of ether oxygens (including phenoxy) is 1. The van der Waals surface area contributed by atoms with Crippen molar-refractivity contribution in [3.05, 3.63) is 0 Å². The van der Waals surface area contributed by atoms with Gasteiger partial charge in [0.05, 0.1) is 12.8 Å². The average molecular weight is 200 g/mol. The molecule has 0 saturated carbocycles. The van der Waals surface area contributed by atoms with Gasteiger partial charge in [-0.25, -0.2) is 4.79 Å². The van der Waals surface area contributed by atoms with Crippen molar-refractivity contribution in [3.8, 4) is 0 Å². The van der Waals surface area contributed by atoms with Crippen LogP contribution in [0.15, 0.2) is 0 Å². The van der Waals surface area contributed by atoms with Gasteiger partial charge in [0.1, 0.15) is 0 Å². The molecule has 1 aliphatic rings. The van der Waals surface area contributed by atoms with Crippen molar-refractivity contribution in [2.75, 3.05) is 6.61 Å². The molecule has 1 rings (SSSR count). The van der Waals surface area contributed by atoms with Gasteiger partial charge < -0.3 is 10.1 Å². The van der Waals surface area contributed by atoms with Gasteiger partial charge >= 0.3 is 6.09 Å². The molecule has 2 N–H and O–H groups in total. The summed E-state index contributed by atoms with van der Waals surface area (Å²) in [7, 11) is 0. The van der Waals surface area contributed by atoms with Crippen LogP contribution < -0.4 is 10.6 Å². The zero-order valence-electron chi connectivity index (χ0n) is 9.17. The summed E-state index contributed by atoms with van der Waals surface area (Å²) in [6, 6.07) is 0.464. The van der Waals surface area contributed by atoms with Crippen LogP contribution in [0.3, 0.4) is 0 Å². The highest BCUT2D eigenvalue weighted by Gasteiger charge is 2.24. The Balaban J connectivity index is 2.33. The van der Waals surface area contributed by atoms with Crippen LogP contribution in [0.2, 0.25) is 0 Å². The smallest absolute Gasteiger partial charge is 0.408 e. The molecule has 1 amide bonds. The summed E-state index contributed by atoms with van der Waals surface area (Å²) in [6.07, 6.45) is 1.88. The Morgan fingerprint density at radius 3 is 2.79 bits per heavy atom. The first-order valence-corrected chi connectivity index (χ1v) is 5.31. The second-order valence-corrected chi connectivity index (χ2v) is 4.06. The average Bonchev–Trinajstić information content (AvgIpc) is 2.01. The molecule has 1 saturated heterocycles. The van der Waals surface area contributed by atoms with Gasteiger partial charge in [-0.2, -0.15) is 0 Å². The monoisotopic (exact) mass is 200 g/mol. The van der Waals surface area contributed by atoms with Crippen molar-refractivity contribution in [2.24, 2.45) is 5.92 Å². The zero-order valence-corrected chi connectivity index (χ0v) is 9.17. The summed E-state index contributed by atoms with van der Waals surface area (Å²) < 4.78 is 4.83. The van der Waals surface area contributed by atoms with Crippen molar-refractivity contribution in [1.29, 1.82) is 0 Å². The first kappa shape index (κ1) is 11.3. The molecule has 1 fully saturated rings. The van der Waals surface area contributed by atoms with Gasteiger partial charge in [0, 0.05) is 6.04 Å². The zero-order chi connectivity index (χ0) is 10.6. The third kappa shape index (κ3) is 3.54. The molecule has 1 aliphatic heterocycles. The van der Waals surface area contributed by atoms with Crippen molar-refractivity contribution in [3.63, 3.8) is 0 Å². The summed E-state index contributed by atoms with van der Waals surface area (Å²) in [4.78, 5) is 11.2. The second kappa shape index (κ2) is 5.20. The van der Waals surface area contributed by atoms with Crippen LogP contribution in [0, 0.1) is 5.92 Å². The van der Waals surface area contributed by atoms with Gasteiger partial charge in [0.25, 0.3) is 0 Å². The fourth-order valence-electron chi connectivity index (χ4n) is 2.00. The van der Waals surface area contributed by atoms with E-state index in [4.69, 9.17) is 4.74 Å². The van der Waals surface area contributed by atoms with Gasteiger partial charge in [-0.15, -0.1) is 0 Å². The summed E-state index contributed by atoms with van der Waals surface area (Å²) in [5, 5.41) is 6.13. The fraction of sp³-hybridized carbons (Fsp3) is 0.900. The maximum absolute atomic E-state index is 11.2. The summed E-state index contributed by atoms with van der Waals surface area (Å²) in [6.45, 7) is 6.56. The number of carbonyl (C=O) groups excluding carboxylic acids is 1. The molecule has 4 nitrogen and oxygen atoms in total. The van der Waals surface area contributed by atoms with E-state index in [-0.39, 0.29) is 12.3 Å². The molecule has 0 aromatic carbocycles. The minimum absolute atomic E-state index is 0.0628. The summed E-state index contributed by atoms with van der Waals surface area (Å²) in [5.41, 5.74) is 0. The molecule has 0 spiro atoms. The number of carbonyl (C=O) groups is 1. The van der Waals surface area contributed by atoms with Gasteiger partial charge in [-0.3, -0.25) is 5.32 Å². The van der Waals surface area contributed by atoms with Crippen molar-refractivity contribution >= 4 is 6.09 Å². The molecule has 82 valence electrons.